The normalized spacial score (nSPS) is 11.5. The molecule has 0 aliphatic heterocycles. The third-order valence-corrected chi connectivity index (χ3v) is 8.63. The van der Waals surface area contributed by atoms with E-state index in [1.165, 1.54) is 67.6 Å². The lowest BCUT2D eigenvalue weighted by atomic mass is 10.3. The van der Waals surface area contributed by atoms with Crippen LogP contribution in [-0.2, 0) is 19.7 Å². The number of benzene rings is 2. The van der Waals surface area contributed by atoms with Crippen molar-refractivity contribution in [3.8, 4) is 0 Å². The van der Waals surface area contributed by atoms with E-state index in [1.54, 1.807) is 12.1 Å². The molecule has 160 valence electrons. The third kappa shape index (κ3) is 4.62. The minimum Gasteiger partial charge on any atom is -0.345 e. The van der Waals surface area contributed by atoms with Crippen LogP contribution < -0.4 is 5.32 Å². The van der Waals surface area contributed by atoms with Gasteiger partial charge in [-0.25, -0.2) is 21.8 Å². The average Bonchev–Trinajstić information content (AvgIpc) is 2.74. The summed E-state index contributed by atoms with van der Waals surface area (Å²) in [5, 5.41) is 13.5. The van der Waals surface area contributed by atoms with E-state index in [4.69, 9.17) is 0 Å². The molecule has 3 rings (SSSR count). The monoisotopic (exact) mass is 459 g/mol. The number of hydrogen-bond donors (Lipinski definition) is 1. The van der Waals surface area contributed by atoms with E-state index in [0.29, 0.717) is 0 Å². The summed E-state index contributed by atoms with van der Waals surface area (Å²) >= 11 is 0. The van der Waals surface area contributed by atoms with E-state index in [1.807, 2.05) is 0 Å². The zero-order valence-corrected chi connectivity index (χ0v) is 17.8. The maximum atomic E-state index is 13.2. The molecule has 0 aliphatic carbocycles. The van der Waals surface area contributed by atoms with Crippen molar-refractivity contribution in [3.05, 3.63) is 99.0 Å². The Bertz CT molecular complexity index is 1280. The highest BCUT2D eigenvalue weighted by molar-refractivity contribution is 8.14. The van der Waals surface area contributed by atoms with Crippen molar-refractivity contribution in [2.24, 2.45) is 0 Å². The van der Waals surface area contributed by atoms with Gasteiger partial charge in [-0.3, -0.25) is 10.1 Å². The molecule has 0 bridgehead atoms. The standard InChI is InChI=1S/C20H17N3O6S2/c1-15-18(23(24)25)12-13-19(22-15)21-14-20(30(26,27)16-8-4-2-5-9-16)31(28,29)17-10-6-3-7-11-17/h2-14H,1H3,(H,21,22). The SMILES string of the molecule is Cc1nc(NC=C(S(=O)(=O)c2ccccc2)S(=O)(=O)c2ccccc2)ccc1[N+](=O)[O-]. The van der Waals surface area contributed by atoms with Crippen LogP contribution in [0, 0.1) is 17.0 Å². The molecule has 1 N–H and O–H groups in total. The van der Waals surface area contributed by atoms with Crippen LogP contribution in [0.5, 0.6) is 0 Å². The summed E-state index contributed by atoms with van der Waals surface area (Å²) in [5.74, 6) is 0.0483. The Balaban J connectivity index is 2.13. The van der Waals surface area contributed by atoms with Gasteiger partial charge in [-0.1, -0.05) is 36.4 Å². The topological polar surface area (TPSA) is 136 Å². The first-order valence-electron chi connectivity index (χ1n) is 8.83. The fourth-order valence-electron chi connectivity index (χ4n) is 2.69. The summed E-state index contributed by atoms with van der Waals surface area (Å²) in [5.41, 5.74) is -0.134. The summed E-state index contributed by atoms with van der Waals surface area (Å²) in [4.78, 5) is 13.9. The lowest BCUT2D eigenvalue weighted by Gasteiger charge is -2.12. The first kappa shape index (κ1) is 22.1. The molecular weight excluding hydrogens is 442 g/mol. The average molecular weight is 460 g/mol. The second-order valence-electron chi connectivity index (χ2n) is 6.30. The molecule has 0 radical (unpaired) electrons. The van der Waals surface area contributed by atoms with Crippen molar-refractivity contribution in [2.75, 3.05) is 5.32 Å². The van der Waals surface area contributed by atoms with Crippen LogP contribution in [0.3, 0.4) is 0 Å². The van der Waals surface area contributed by atoms with Crippen LogP contribution in [0.25, 0.3) is 0 Å². The maximum Gasteiger partial charge on any atom is 0.290 e. The minimum absolute atomic E-state index is 0.0483. The summed E-state index contributed by atoms with van der Waals surface area (Å²) < 4.78 is 51.9. The highest BCUT2D eigenvalue weighted by Crippen LogP contribution is 2.29. The van der Waals surface area contributed by atoms with Crippen molar-refractivity contribution < 1.29 is 21.8 Å². The van der Waals surface area contributed by atoms with Gasteiger partial charge < -0.3 is 5.32 Å². The van der Waals surface area contributed by atoms with Crippen LogP contribution in [0.4, 0.5) is 11.5 Å². The molecule has 0 atom stereocenters. The van der Waals surface area contributed by atoms with Gasteiger partial charge in [0.1, 0.15) is 11.5 Å². The van der Waals surface area contributed by atoms with E-state index >= 15 is 0 Å². The van der Waals surface area contributed by atoms with Crippen molar-refractivity contribution >= 4 is 31.2 Å². The molecule has 9 nitrogen and oxygen atoms in total. The van der Waals surface area contributed by atoms with Gasteiger partial charge in [-0.15, -0.1) is 0 Å². The van der Waals surface area contributed by atoms with E-state index in [0.717, 1.165) is 6.20 Å². The fourth-order valence-corrected chi connectivity index (χ4v) is 6.35. The molecule has 0 amide bonds. The number of aryl methyl sites for hydroxylation is 1. The Morgan fingerprint density at radius 1 is 0.871 bits per heavy atom. The van der Waals surface area contributed by atoms with E-state index in [-0.39, 0.29) is 27.0 Å². The Labute approximate surface area is 179 Å². The number of nitrogens with one attached hydrogen (secondary N) is 1. The molecule has 11 heteroatoms. The van der Waals surface area contributed by atoms with Gasteiger partial charge in [0, 0.05) is 12.3 Å². The van der Waals surface area contributed by atoms with Gasteiger partial charge in [0.25, 0.3) is 5.69 Å². The number of rotatable bonds is 7. The summed E-state index contributed by atoms with van der Waals surface area (Å²) in [6.45, 7) is 1.41. The Hall–Kier alpha value is -3.57. The van der Waals surface area contributed by atoms with Crippen molar-refractivity contribution in [2.45, 2.75) is 16.7 Å². The van der Waals surface area contributed by atoms with E-state index < -0.39 is 28.8 Å². The fraction of sp³-hybridized carbons (Fsp3) is 0.0500. The van der Waals surface area contributed by atoms with E-state index in [9.17, 15) is 26.9 Å². The molecule has 2 aromatic carbocycles. The van der Waals surface area contributed by atoms with Gasteiger partial charge in [-0.05, 0) is 37.3 Å². The number of sulfone groups is 2. The Kier molecular flexibility index (Phi) is 6.18. The molecular formula is C20H17N3O6S2. The van der Waals surface area contributed by atoms with Crippen LogP contribution in [0.2, 0.25) is 0 Å². The second-order valence-corrected chi connectivity index (χ2v) is 10.4. The molecule has 31 heavy (non-hydrogen) atoms. The molecule has 0 unspecified atom stereocenters. The molecule has 0 aliphatic rings. The van der Waals surface area contributed by atoms with Gasteiger partial charge in [0.05, 0.1) is 14.7 Å². The highest BCUT2D eigenvalue weighted by Gasteiger charge is 2.33. The van der Waals surface area contributed by atoms with E-state index in [2.05, 4.69) is 10.3 Å². The zero-order valence-electron chi connectivity index (χ0n) is 16.2. The minimum atomic E-state index is -4.43. The van der Waals surface area contributed by atoms with Crippen LogP contribution >= 0.6 is 0 Å². The quantitative estimate of drug-likeness (QED) is 0.419. The highest BCUT2D eigenvalue weighted by atomic mass is 32.3. The van der Waals surface area contributed by atoms with Crippen LogP contribution in [0.15, 0.2) is 93.0 Å². The summed E-state index contributed by atoms with van der Waals surface area (Å²) in [6, 6.07) is 16.7. The molecule has 3 aromatic rings. The third-order valence-electron chi connectivity index (χ3n) is 4.23. The molecule has 0 saturated carbocycles. The predicted octanol–water partition coefficient (Wildman–Crippen LogP) is 3.46. The Morgan fingerprint density at radius 3 is 1.77 bits per heavy atom. The first-order valence-corrected chi connectivity index (χ1v) is 11.8. The molecule has 0 saturated heterocycles. The largest absolute Gasteiger partial charge is 0.345 e. The van der Waals surface area contributed by atoms with Crippen LogP contribution in [0.1, 0.15) is 5.69 Å². The number of pyridine rings is 1. The van der Waals surface area contributed by atoms with Gasteiger partial charge >= 0.3 is 0 Å². The molecule has 1 aromatic heterocycles. The Morgan fingerprint density at radius 2 is 1.35 bits per heavy atom. The molecule has 0 spiro atoms. The lowest BCUT2D eigenvalue weighted by Crippen LogP contribution is -2.16. The van der Waals surface area contributed by atoms with Gasteiger partial charge in [-0.2, -0.15) is 0 Å². The smallest absolute Gasteiger partial charge is 0.290 e. The number of aromatic nitrogens is 1. The predicted molar refractivity (Wildman–Crippen MR) is 115 cm³/mol. The van der Waals surface area contributed by atoms with Crippen molar-refractivity contribution in [1.29, 1.82) is 0 Å². The number of anilines is 1. The summed E-state index contributed by atoms with van der Waals surface area (Å²) in [7, 11) is -8.87. The lowest BCUT2D eigenvalue weighted by molar-refractivity contribution is -0.385. The van der Waals surface area contributed by atoms with Crippen LogP contribution in [-0.4, -0.2) is 26.7 Å². The second kappa shape index (κ2) is 8.66. The molecule has 1 heterocycles. The van der Waals surface area contributed by atoms with Crippen molar-refractivity contribution in [3.63, 3.8) is 0 Å². The first-order chi connectivity index (χ1) is 14.6. The number of nitrogens with zero attached hydrogens (tertiary/aromatic N) is 2. The maximum absolute atomic E-state index is 13.2. The molecule has 0 fully saturated rings. The zero-order chi connectivity index (χ0) is 22.6. The van der Waals surface area contributed by atoms with Gasteiger partial charge in [0.15, 0.2) is 4.24 Å². The number of nitro groups is 1. The summed E-state index contributed by atoms with van der Waals surface area (Å²) in [6.07, 6.45) is 0.832. The van der Waals surface area contributed by atoms with Gasteiger partial charge in [0.2, 0.25) is 19.7 Å². The van der Waals surface area contributed by atoms with Crippen molar-refractivity contribution in [1.82, 2.24) is 4.98 Å². The number of hydrogen-bond acceptors (Lipinski definition) is 8.